The third-order valence-electron chi connectivity index (χ3n) is 4.63. The number of anilines is 1. The zero-order valence-electron chi connectivity index (χ0n) is 14.0. The Balaban J connectivity index is 1.42. The summed E-state index contributed by atoms with van der Waals surface area (Å²) in [5.74, 6) is 1.28. The predicted octanol–water partition coefficient (Wildman–Crippen LogP) is 1.31. The molecule has 128 valence electrons. The number of piperazine rings is 1. The van der Waals surface area contributed by atoms with Gasteiger partial charge in [-0.15, -0.1) is 11.3 Å². The average Bonchev–Trinajstić information content (AvgIpc) is 3.26. The fraction of sp³-hybridized carbons (Fsp3) is 0.750. The minimum atomic E-state index is 0.572. The SMILES string of the molecule is CC(CN=C(N)N1CCN(c2nccs2)CC1)CN1CCCC1. The van der Waals surface area contributed by atoms with Crippen molar-refractivity contribution in [2.24, 2.45) is 16.6 Å². The number of likely N-dealkylation sites (tertiary alicyclic amines) is 1. The zero-order valence-corrected chi connectivity index (χ0v) is 14.8. The van der Waals surface area contributed by atoms with E-state index >= 15 is 0 Å². The van der Waals surface area contributed by atoms with Crippen LogP contribution in [0.4, 0.5) is 5.13 Å². The molecule has 2 aliphatic rings. The molecule has 2 saturated heterocycles. The Labute approximate surface area is 143 Å². The second-order valence-corrected chi connectivity index (χ2v) is 7.47. The van der Waals surface area contributed by atoms with Crippen LogP contribution in [0.25, 0.3) is 0 Å². The number of guanidine groups is 1. The molecule has 1 atom stereocenters. The number of hydrogen-bond acceptors (Lipinski definition) is 5. The van der Waals surface area contributed by atoms with E-state index in [0.29, 0.717) is 11.9 Å². The fourth-order valence-corrected chi connectivity index (χ4v) is 4.01. The summed E-state index contributed by atoms with van der Waals surface area (Å²) in [5, 5.41) is 3.14. The quantitative estimate of drug-likeness (QED) is 0.649. The molecule has 3 rings (SSSR count). The zero-order chi connectivity index (χ0) is 16.1. The van der Waals surface area contributed by atoms with E-state index in [4.69, 9.17) is 5.73 Å². The second-order valence-electron chi connectivity index (χ2n) is 6.60. The molecule has 2 fully saturated rings. The summed E-state index contributed by atoms with van der Waals surface area (Å²) in [6.07, 6.45) is 4.56. The minimum absolute atomic E-state index is 0.572. The Bertz CT molecular complexity index is 489. The number of thiazole rings is 1. The van der Waals surface area contributed by atoms with Gasteiger partial charge in [-0.3, -0.25) is 4.99 Å². The lowest BCUT2D eigenvalue weighted by Gasteiger charge is -2.35. The summed E-state index contributed by atoms with van der Waals surface area (Å²) in [4.78, 5) is 16.1. The third-order valence-corrected chi connectivity index (χ3v) is 5.46. The van der Waals surface area contributed by atoms with Crippen molar-refractivity contribution in [1.82, 2.24) is 14.8 Å². The molecule has 2 aliphatic heterocycles. The van der Waals surface area contributed by atoms with Gasteiger partial charge in [0.05, 0.1) is 0 Å². The van der Waals surface area contributed by atoms with Crippen LogP contribution >= 0.6 is 11.3 Å². The third kappa shape index (κ3) is 4.57. The maximum absolute atomic E-state index is 6.20. The topological polar surface area (TPSA) is 61.0 Å². The smallest absolute Gasteiger partial charge is 0.191 e. The lowest BCUT2D eigenvalue weighted by molar-refractivity contribution is 0.291. The van der Waals surface area contributed by atoms with Gasteiger partial charge in [-0.25, -0.2) is 4.98 Å². The van der Waals surface area contributed by atoms with E-state index in [1.807, 2.05) is 11.6 Å². The normalized spacial score (nSPS) is 21.9. The number of aliphatic imine (C=N–C) groups is 1. The minimum Gasteiger partial charge on any atom is -0.370 e. The molecule has 0 radical (unpaired) electrons. The molecule has 0 amide bonds. The molecule has 0 saturated carbocycles. The summed E-state index contributed by atoms with van der Waals surface area (Å²) in [6.45, 7) is 10.5. The van der Waals surface area contributed by atoms with Gasteiger partial charge in [-0.2, -0.15) is 0 Å². The summed E-state index contributed by atoms with van der Waals surface area (Å²) in [5.41, 5.74) is 6.20. The molecule has 7 heteroatoms. The molecule has 0 bridgehead atoms. The lowest BCUT2D eigenvalue weighted by Crippen LogP contribution is -2.51. The Morgan fingerprint density at radius 1 is 1.26 bits per heavy atom. The van der Waals surface area contributed by atoms with Gasteiger partial charge in [0, 0.05) is 50.8 Å². The van der Waals surface area contributed by atoms with Crippen molar-refractivity contribution in [1.29, 1.82) is 0 Å². The highest BCUT2D eigenvalue weighted by atomic mass is 32.1. The first-order chi connectivity index (χ1) is 11.2. The molecule has 1 aromatic rings. The Hall–Kier alpha value is -1.34. The molecule has 2 N–H and O–H groups in total. The van der Waals surface area contributed by atoms with Crippen LogP contribution in [0.3, 0.4) is 0 Å². The monoisotopic (exact) mass is 336 g/mol. The van der Waals surface area contributed by atoms with Crippen LogP contribution in [0, 0.1) is 5.92 Å². The maximum atomic E-state index is 6.20. The number of nitrogens with zero attached hydrogens (tertiary/aromatic N) is 5. The van der Waals surface area contributed by atoms with E-state index in [1.54, 1.807) is 11.3 Å². The first-order valence-electron chi connectivity index (χ1n) is 8.64. The van der Waals surface area contributed by atoms with Gasteiger partial charge in [0.2, 0.25) is 0 Å². The van der Waals surface area contributed by atoms with Crippen molar-refractivity contribution in [3.05, 3.63) is 11.6 Å². The van der Waals surface area contributed by atoms with Crippen molar-refractivity contribution in [3.63, 3.8) is 0 Å². The summed E-state index contributed by atoms with van der Waals surface area (Å²) in [6, 6.07) is 0. The van der Waals surface area contributed by atoms with Crippen LogP contribution in [-0.4, -0.2) is 73.1 Å². The van der Waals surface area contributed by atoms with Crippen molar-refractivity contribution in [3.8, 4) is 0 Å². The second kappa shape index (κ2) is 7.97. The van der Waals surface area contributed by atoms with E-state index in [2.05, 4.69) is 31.6 Å². The van der Waals surface area contributed by atoms with E-state index in [9.17, 15) is 0 Å². The fourth-order valence-electron chi connectivity index (χ4n) is 3.31. The maximum Gasteiger partial charge on any atom is 0.191 e. The number of aromatic nitrogens is 1. The highest BCUT2D eigenvalue weighted by Gasteiger charge is 2.20. The number of hydrogen-bond donors (Lipinski definition) is 1. The number of rotatable bonds is 5. The molecule has 23 heavy (non-hydrogen) atoms. The van der Waals surface area contributed by atoms with Crippen LogP contribution in [0.1, 0.15) is 19.8 Å². The van der Waals surface area contributed by atoms with Crippen LogP contribution in [0.5, 0.6) is 0 Å². The van der Waals surface area contributed by atoms with Crippen LogP contribution < -0.4 is 10.6 Å². The standard InChI is InChI=1S/C16H28N6S/c1-14(13-20-5-2-3-6-20)12-19-15(17)21-7-9-22(10-8-21)16-18-4-11-23-16/h4,11,14H,2-3,5-10,12-13H2,1H3,(H2,17,19). The first kappa shape index (κ1) is 16.5. The highest BCUT2D eigenvalue weighted by Crippen LogP contribution is 2.18. The molecule has 0 spiro atoms. The molecule has 1 unspecified atom stereocenters. The van der Waals surface area contributed by atoms with Gasteiger partial charge in [0.25, 0.3) is 0 Å². The summed E-state index contributed by atoms with van der Waals surface area (Å²) >= 11 is 1.70. The summed E-state index contributed by atoms with van der Waals surface area (Å²) in [7, 11) is 0. The van der Waals surface area contributed by atoms with Crippen molar-refractivity contribution >= 4 is 22.4 Å². The molecule has 3 heterocycles. The Morgan fingerprint density at radius 2 is 2.00 bits per heavy atom. The predicted molar refractivity (Wildman–Crippen MR) is 97.2 cm³/mol. The molecule has 0 aliphatic carbocycles. The summed E-state index contributed by atoms with van der Waals surface area (Å²) < 4.78 is 0. The largest absolute Gasteiger partial charge is 0.370 e. The Morgan fingerprint density at radius 3 is 2.65 bits per heavy atom. The molecule has 1 aromatic heterocycles. The van der Waals surface area contributed by atoms with E-state index in [1.165, 1.54) is 25.9 Å². The van der Waals surface area contributed by atoms with Gasteiger partial charge in [-0.05, 0) is 31.8 Å². The van der Waals surface area contributed by atoms with Crippen LogP contribution in [0.15, 0.2) is 16.6 Å². The van der Waals surface area contributed by atoms with Gasteiger partial charge in [0.1, 0.15) is 0 Å². The van der Waals surface area contributed by atoms with Gasteiger partial charge >= 0.3 is 0 Å². The lowest BCUT2D eigenvalue weighted by atomic mass is 10.2. The van der Waals surface area contributed by atoms with Crippen molar-refractivity contribution < 1.29 is 0 Å². The Kier molecular flexibility index (Phi) is 5.72. The van der Waals surface area contributed by atoms with E-state index in [0.717, 1.165) is 44.4 Å². The van der Waals surface area contributed by atoms with E-state index < -0.39 is 0 Å². The van der Waals surface area contributed by atoms with Crippen molar-refractivity contribution in [2.75, 3.05) is 57.3 Å². The molecular formula is C16H28N6S. The van der Waals surface area contributed by atoms with Gasteiger partial charge in [-0.1, -0.05) is 6.92 Å². The highest BCUT2D eigenvalue weighted by molar-refractivity contribution is 7.13. The van der Waals surface area contributed by atoms with Crippen LogP contribution in [-0.2, 0) is 0 Å². The molecule has 6 nitrogen and oxygen atoms in total. The van der Waals surface area contributed by atoms with Crippen molar-refractivity contribution in [2.45, 2.75) is 19.8 Å². The first-order valence-corrected chi connectivity index (χ1v) is 9.52. The number of nitrogens with two attached hydrogens (primary N) is 1. The van der Waals surface area contributed by atoms with Gasteiger partial charge < -0.3 is 20.4 Å². The van der Waals surface area contributed by atoms with Gasteiger partial charge in [0.15, 0.2) is 11.1 Å². The van der Waals surface area contributed by atoms with Crippen LogP contribution in [0.2, 0.25) is 0 Å². The molecule has 0 aromatic carbocycles. The average molecular weight is 337 g/mol. The molecular weight excluding hydrogens is 308 g/mol. The van der Waals surface area contributed by atoms with E-state index in [-0.39, 0.29) is 0 Å².